The molecule has 1 aliphatic rings. The van der Waals surface area contributed by atoms with Crippen LogP contribution in [0.4, 0.5) is 0 Å². The molecule has 0 saturated heterocycles. The van der Waals surface area contributed by atoms with Crippen LogP contribution in [0.25, 0.3) is 0 Å². The molecule has 1 unspecified atom stereocenters. The number of hydrogen-bond donors (Lipinski definition) is 1. The zero-order valence-electron chi connectivity index (χ0n) is 8.81. The first-order valence-corrected chi connectivity index (χ1v) is 5.51. The largest absolute Gasteiger partial charge is 0.353 e. The lowest BCUT2D eigenvalue weighted by Crippen LogP contribution is -2.33. The van der Waals surface area contributed by atoms with Crippen molar-refractivity contribution in [3.8, 4) is 0 Å². The molecular formula is C11H21NO. The van der Waals surface area contributed by atoms with Crippen molar-refractivity contribution >= 4 is 5.91 Å². The Morgan fingerprint density at radius 2 is 2.08 bits per heavy atom. The normalized spacial score (nSPS) is 20.2. The monoisotopic (exact) mass is 183 g/mol. The summed E-state index contributed by atoms with van der Waals surface area (Å²) in [6.45, 7) is 4.27. The smallest absolute Gasteiger partial charge is 0.220 e. The molecule has 0 radical (unpaired) electrons. The summed E-state index contributed by atoms with van der Waals surface area (Å²) >= 11 is 0. The fraction of sp³-hybridized carbons (Fsp3) is 0.909. The maximum Gasteiger partial charge on any atom is 0.220 e. The summed E-state index contributed by atoms with van der Waals surface area (Å²) in [5.74, 6) is 0.780. The van der Waals surface area contributed by atoms with Crippen molar-refractivity contribution in [2.45, 2.75) is 58.4 Å². The van der Waals surface area contributed by atoms with Crippen molar-refractivity contribution in [3.63, 3.8) is 0 Å². The van der Waals surface area contributed by atoms with Gasteiger partial charge in [-0.1, -0.05) is 33.1 Å². The van der Waals surface area contributed by atoms with E-state index in [1.807, 2.05) is 0 Å². The lowest BCUT2D eigenvalue weighted by Gasteiger charge is -2.13. The third kappa shape index (κ3) is 3.79. The number of amides is 1. The van der Waals surface area contributed by atoms with E-state index in [2.05, 4.69) is 19.2 Å². The van der Waals surface area contributed by atoms with Gasteiger partial charge in [-0.25, -0.2) is 0 Å². The molecule has 1 atom stereocenters. The first-order chi connectivity index (χ1) is 6.22. The summed E-state index contributed by atoms with van der Waals surface area (Å²) in [5.41, 5.74) is 0. The standard InChI is InChI=1S/C11H21NO/c1-3-9(2)8-11(13)12-10-6-4-5-7-10/h9-10H,3-8H2,1-2H3,(H,12,13). The van der Waals surface area contributed by atoms with E-state index in [1.165, 1.54) is 25.7 Å². The molecule has 1 aliphatic carbocycles. The quantitative estimate of drug-likeness (QED) is 0.712. The van der Waals surface area contributed by atoms with Gasteiger partial charge in [0.25, 0.3) is 0 Å². The second-order valence-corrected chi connectivity index (χ2v) is 4.27. The summed E-state index contributed by atoms with van der Waals surface area (Å²) in [6, 6.07) is 0.483. The first-order valence-electron chi connectivity index (χ1n) is 5.51. The number of hydrogen-bond acceptors (Lipinski definition) is 1. The molecule has 1 amide bonds. The van der Waals surface area contributed by atoms with Gasteiger partial charge in [0.05, 0.1) is 0 Å². The third-order valence-electron chi connectivity index (χ3n) is 2.95. The summed E-state index contributed by atoms with van der Waals surface area (Å²) < 4.78 is 0. The highest BCUT2D eigenvalue weighted by molar-refractivity contribution is 5.76. The van der Waals surface area contributed by atoms with Gasteiger partial charge >= 0.3 is 0 Å². The fourth-order valence-electron chi connectivity index (χ4n) is 1.82. The van der Waals surface area contributed by atoms with Crippen molar-refractivity contribution in [3.05, 3.63) is 0 Å². The molecule has 2 heteroatoms. The van der Waals surface area contributed by atoms with E-state index in [4.69, 9.17) is 0 Å². The van der Waals surface area contributed by atoms with Gasteiger partial charge in [-0.15, -0.1) is 0 Å². The highest BCUT2D eigenvalue weighted by Gasteiger charge is 2.17. The van der Waals surface area contributed by atoms with E-state index in [0.29, 0.717) is 18.4 Å². The van der Waals surface area contributed by atoms with Gasteiger partial charge < -0.3 is 5.32 Å². The average molecular weight is 183 g/mol. The van der Waals surface area contributed by atoms with Crippen LogP contribution in [-0.4, -0.2) is 11.9 Å². The second kappa shape index (κ2) is 5.25. The number of carbonyl (C=O) groups excluding carboxylic acids is 1. The van der Waals surface area contributed by atoms with Gasteiger partial charge in [0, 0.05) is 12.5 Å². The van der Waals surface area contributed by atoms with Crippen molar-refractivity contribution in [1.82, 2.24) is 5.32 Å². The summed E-state index contributed by atoms with van der Waals surface area (Å²) in [4.78, 5) is 11.5. The molecule has 76 valence electrons. The average Bonchev–Trinajstić information content (AvgIpc) is 2.56. The Bertz CT molecular complexity index is 161. The summed E-state index contributed by atoms with van der Waals surface area (Å²) in [5, 5.41) is 3.11. The van der Waals surface area contributed by atoms with Gasteiger partial charge in [-0.2, -0.15) is 0 Å². The summed E-state index contributed by atoms with van der Waals surface area (Å²) in [7, 11) is 0. The fourth-order valence-corrected chi connectivity index (χ4v) is 1.82. The van der Waals surface area contributed by atoms with E-state index in [1.54, 1.807) is 0 Å². The Morgan fingerprint density at radius 3 is 2.62 bits per heavy atom. The van der Waals surface area contributed by atoms with Crippen LogP contribution in [0.1, 0.15) is 52.4 Å². The highest BCUT2D eigenvalue weighted by Crippen LogP contribution is 2.18. The number of carbonyl (C=O) groups is 1. The van der Waals surface area contributed by atoms with Crippen LogP contribution in [0.3, 0.4) is 0 Å². The lowest BCUT2D eigenvalue weighted by atomic mass is 10.0. The molecule has 0 aromatic rings. The summed E-state index contributed by atoms with van der Waals surface area (Å²) in [6.07, 6.45) is 6.74. The Kier molecular flexibility index (Phi) is 4.26. The van der Waals surface area contributed by atoms with Crippen LogP contribution in [-0.2, 0) is 4.79 Å². The Balaban J connectivity index is 2.16. The molecule has 1 fully saturated rings. The Labute approximate surface area is 81.1 Å². The van der Waals surface area contributed by atoms with Crippen LogP contribution in [0.2, 0.25) is 0 Å². The molecular weight excluding hydrogens is 162 g/mol. The molecule has 1 rings (SSSR count). The lowest BCUT2D eigenvalue weighted by molar-refractivity contribution is -0.122. The maximum atomic E-state index is 11.5. The zero-order valence-corrected chi connectivity index (χ0v) is 8.81. The van der Waals surface area contributed by atoms with Crippen molar-refractivity contribution in [2.75, 3.05) is 0 Å². The van der Waals surface area contributed by atoms with Gasteiger partial charge in [0.15, 0.2) is 0 Å². The van der Waals surface area contributed by atoms with Gasteiger partial charge in [0.2, 0.25) is 5.91 Å². The molecule has 13 heavy (non-hydrogen) atoms. The zero-order chi connectivity index (χ0) is 9.68. The molecule has 0 aromatic carbocycles. The van der Waals surface area contributed by atoms with Crippen LogP contribution >= 0.6 is 0 Å². The number of nitrogens with one attached hydrogen (secondary N) is 1. The minimum atomic E-state index is 0.251. The van der Waals surface area contributed by atoms with Gasteiger partial charge in [-0.3, -0.25) is 4.79 Å². The second-order valence-electron chi connectivity index (χ2n) is 4.27. The van der Waals surface area contributed by atoms with Crippen molar-refractivity contribution in [1.29, 1.82) is 0 Å². The molecule has 0 spiro atoms. The minimum absolute atomic E-state index is 0.251. The van der Waals surface area contributed by atoms with Crippen LogP contribution in [0.15, 0.2) is 0 Å². The SMILES string of the molecule is CCC(C)CC(=O)NC1CCCC1. The first kappa shape index (κ1) is 10.6. The number of rotatable bonds is 4. The van der Waals surface area contributed by atoms with E-state index in [-0.39, 0.29) is 5.91 Å². The van der Waals surface area contributed by atoms with Crippen LogP contribution < -0.4 is 5.32 Å². The molecule has 0 aromatic heterocycles. The minimum Gasteiger partial charge on any atom is -0.353 e. The molecule has 1 N–H and O–H groups in total. The Hall–Kier alpha value is -0.530. The van der Waals surface area contributed by atoms with Gasteiger partial charge in [0.1, 0.15) is 0 Å². The topological polar surface area (TPSA) is 29.1 Å². The molecule has 0 heterocycles. The molecule has 2 nitrogen and oxygen atoms in total. The van der Waals surface area contributed by atoms with E-state index < -0.39 is 0 Å². The van der Waals surface area contributed by atoms with E-state index in [9.17, 15) is 4.79 Å². The third-order valence-corrected chi connectivity index (χ3v) is 2.95. The Morgan fingerprint density at radius 1 is 1.46 bits per heavy atom. The van der Waals surface area contributed by atoms with Crippen molar-refractivity contribution in [2.24, 2.45) is 5.92 Å². The van der Waals surface area contributed by atoms with Crippen molar-refractivity contribution < 1.29 is 4.79 Å². The molecule has 1 saturated carbocycles. The van der Waals surface area contributed by atoms with Crippen LogP contribution in [0, 0.1) is 5.92 Å². The van der Waals surface area contributed by atoms with E-state index >= 15 is 0 Å². The maximum absolute atomic E-state index is 11.5. The predicted molar refractivity (Wildman–Crippen MR) is 54.5 cm³/mol. The van der Waals surface area contributed by atoms with Crippen LogP contribution in [0.5, 0.6) is 0 Å². The van der Waals surface area contributed by atoms with E-state index in [0.717, 1.165) is 6.42 Å². The molecule has 0 bridgehead atoms. The highest BCUT2D eigenvalue weighted by atomic mass is 16.1. The van der Waals surface area contributed by atoms with Gasteiger partial charge in [-0.05, 0) is 18.8 Å². The predicted octanol–water partition coefficient (Wildman–Crippen LogP) is 2.48. The molecule has 0 aliphatic heterocycles.